The van der Waals surface area contributed by atoms with Gasteiger partial charge >= 0.3 is 0 Å². The summed E-state index contributed by atoms with van der Waals surface area (Å²) in [5.41, 5.74) is 24.3. The summed E-state index contributed by atoms with van der Waals surface area (Å²) >= 11 is 1.76. The van der Waals surface area contributed by atoms with E-state index >= 15 is 0 Å². The van der Waals surface area contributed by atoms with Crippen molar-refractivity contribution in [1.29, 1.82) is 0 Å². The topological polar surface area (TPSA) is 83.4 Å². The molecule has 0 atom stereocenters. The molecule has 9 nitrogen and oxygen atoms in total. The summed E-state index contributed by atoms with van der Waals surface area (Å²) in [6, 6.07) is 110. The smallest absolute Gasteiger partial charge is 0.197 e. The summed E-state index contributed by atoms with van der Waals surface area (Å²) in [5, 5.41) is 16.8. The van der Waals surface area contributed by atoms with Crippen molar-refractivity contribution in [1.82, 2.24) is 37.9 Å². The number of furan rings is 1. The number of aromatic nitrogens is 8. The molecule has 0 aliphatic carbocycles. The zero-order chi connectivity index (χ0) is 66.2. The zero-order valence-corrected chi connectivity index (χ0v) is 55.1. The predicted molar refractivity (Wildman–Crippen MR) is 423 cm³/mol. The number of para-hydroxylation sites is 6. The molecule has 0 bridgehead atoms. The van der Waals surface area contributed by atoms with E-state index in [1.165, 1.54) is 103 Å². The van der Waals surface area contributed by atoms with Crippen molar-refractivity contribution in [2.24, 2.45) is 0 Å². The van der Waals surface area contributed by atoms with Gasteiger partial charge in [-0.25, -0.2) is 19.9 Å². The molecule has 10 heterocycles. The molecule has 24 aromatic rings. The third-order valence-electron chi connectivity index (χ3n) is 21.8. The zero-order valence-electron chi connectivity index (χ0n) is 54.3. The normalized spacial score (nSPS) is 12.5. The van der Waals surface area contributed by atoms with Crippen LogP contribution in [0.3, 0.4) is 0 Å². The molecule has 14 aromatic carbocycles. The van der Waals surface area contributed by atoms with Gasteiger partial charge in [-0.3, -0.25) is 4.57 Å². The molecule has 0 fully saturated rings. The fourth-order valence-electron chi connectivity index (χ4n) is 17.5. The molecule has 0 saturated carbocycles. The van der Waals surface area contributed by atoms with Crippen LogP contribution < -0.4 is 0 Å². The van der Waals surface area contributed by atoms with Gasteiger partial charge in [0.2, 0.25) is 0 Å². The fraction of sp³-hybridized carbons (Fsp3) is 0. The highest BCUT2D eigenvalue weighted by Gasteiger charge is 2.29. The summed E-state index contributed by atoms with van der Waals surface area (Å²) < 4.78 is 18.8. The Balaban J connectivity index is 0.628. The van der Waals surface area contributed by atoms with Crippen LogP contribution in [0.2, 0.25) is 0 Å². The minimum absolute atomic E-state index is 0.641. The van der Waals surface area contributed by atoms with Gasteiger partial charge in [-0.15, -0.1) is 11.3 Å². The molecule has 0 N–H and O–H groups in total. The van der Waals surface area contributed by atoms with Crippen molar-refractivity contribution in [3.63, 3.8) is 0 Å². The average molecular weight is 1320 g/mol. The van der Waals surface area contributed by atoms with Crippen LogP contribution in [0.1, 0.15) is 0 Å². The van der Waals surface area contributed by atoms with Crippen LogP contribution in [0, 0.1) is 0 Å². The fourth-order valence-corrected chi connectivity index (χ4v) is 18.6. The highest BCUT2D eigenvalue weighted by atomic mass is 32.1. The maximum atomic E-state index is 6.84. The van der Waals surface area contributed by atoms with Gasteiger partial charge in [0.15, 0.2) is 23.0 Å². The van der Waals surface area contributed by atoms with Crippen LogP contribution >= 0.6 is 11.3 Å². The molecule has 0 unspecified atom stereocenters. The molecule has 24 rings (SSSR count). The van der Waals surface area contributed by atoms with Gasteiger partial charge in [0.1, 0.15) is 11.1 Å². The number of benzene rings is 14. The molecular formula is C92H50N8OS. The molecule has 0 saturated heterocycles. The Hall–Kier alpha value is -13.5. The van der Waals surface area contributed by atoms with Gasteiger partial charge in [0, 0.05) is 102 Å². The lowest BCUT2D eigenvalue weighted by atomic mass is 9.96. The number of fused-ring (bicyclic) bond motifs is 26. The lowest BCUT2D eigenvalue weighted by molar-refractivity contribution is 0.662. The van der Waals surface area contributed by atoms with Crippen molar-refractivity contribution < 1.29 is 4.42 Å². The maximum Gasteiger partial charge on any atom is 0.197 e. The van der Waals surface area contributed by atoms with E-state index in [-0.39, 0.29) is 0 Å². The first-order chi connectivity index (χ1) is 50.6. The van der Waals surface area contributed by atoms with E-state index in [2.05, 4.69) is 285 Å². The van der Waals surface area contributed by atoms with Crippen molar-refractivity contribution in [2.75, 3.05) is 0 Å². The first-order valence-corrected chi connectivity index (χ1v) is 35.4. The Morgan fingerprint density at radius 1 is 0.275 bits per heavy atom. The van der Waals surface area contributed by atoms with E-state index in [1.54, 1.807) is 11.3 Å². The highest BCUT2D eigenvalue weighted by Crippen LogP contribution is 2.51. The minimum atomic E-state index is 0.641. The second kappa shape index (κ2) is 20.1. The van der Waals surface area contributed by atoms with Crippen LogP contribution in [0.4, 0.5) is 0 Å². The number of nitrogens with zero attached hydrogens (tertiary/aromatic N) is 8. The van der Waals surface area contributed by atoms with E-state index in [0.29, 0.717) is 23.0 Å². The van der Waals surface area contributed by atoms with E-state index in [0.717, 1.165) is 104 Å². The number of hydrogen-bond acceptors (Lipinski definition) is 6. The Kier molecular flexibility index (Phi) is 10.7. The van der Waals surface area contributed by atoms with E-state index in [4.69, 9.17) is 24.4 Å². The van der Waals surface area contributed by atoms with E-state index < -0.39 is 0 Å². The van der Waals surface area contributed by atoms with Crippen LogP contribution in [0.15, 0.2) is 308 Å². The van der Waals surface area contributed by atoms with E-state index in [9.17, 15) is 0 Å². The maximum absolute atomic E-state index is 6.84. The summed E-state index contributed by atoms with van der Waals surface area (Å²) in [5.74, 6) is 2.03. The van der Waals surface area contributed by atoms with E-state index in [1.807, 2.05) is 36.4 Å². The second-order valence-corrected chi connectivity index (χ2v) is 28.2. The SMILES string of the molecule is c1ccc(-c2nc(-n3c4ccccc4c4c5c6cc(-c7cccc(-c8ccc(-c9nc(-c%10ccc(-n%11c%12ccccc%12c%12c%13c%14ccccc%14n%14c%15ccccc%15c(cc%12%11)c%13%14)cc%10)nc%10c9sc9ccccc9%10)cc8)c7)ccc6n6c7ccccc7c(cc43)c56)c3oc4ccccc4c3n2)cc1. The van der Waals surface area contributed by atoms with Crippen LogP contribution in [-0.4, -0.2) is 37.9 Å². The van der Waals surface area contributed by atoms with Crippen LogP contribution in [-0.2, 0) is 0 Å². The quantitative estimate of drug-likeness (QED) is 0.159. The van der Waals surface area contributed by atoms with Gasteiger partial charge in [-0.2, -0.15) is 0 Å². The summed E-state index contributed by atoms with van der Waals surface area (Å²) in [6.07, 6.45) is 0. The van der Waals surface area contributed by atoms with Crippen LogP contribution in [0.25, 0.3) is 230 Å². The van der Waals surface area contributed by atoms with Gasteiger partial charge < -0.3 is 17.8 Å². The molecule has 0 amide bonds. The molecule has 470 valence electrons. The Bertz CT molecular complexity index is 7740. The molecule has 10 aromatic heterocycles. The van der Waals surface area contributed by atoms with Gasteiger partial charge in [-0.05, 0) is 125 Å². The molecule has 10 heteroatoms. The van der Waals surface area contributed by atoms with Crippen molar-refractivity contribution in [2.45, 2.75) is 0 Å². The van der Waals surface area contributed by atoms with Crippen LogP contribution in [0.5, 0.6) is 0 Å². The van der Waals surface area contributed by atoms with Gasteiger partial charge in [0.05, 0.1) is 71.1 Å². The molecule has 0 aliphatic rings. The molecule has 0 radical (unpaired) electrons. The Morgan fingerprint density at radius 2 is 0.745 bits per heavy atom. The molecule has 0 spiro atoms. The van der Waals surface area contributed by atoms with Crippen molar-refractivity contribution in [3.05, 3.63) is 303 Å². The lowest BCUT2D eigenvalue weighted by Crippen LogP contribution is -2.01. The monoisotopic (exact) mass is 1310 g/mol. The first-order valence-electron chi connectivity index (χ1n) is 34.6. The molecular weight excluding hydrogens is 1270 g/mol. The lowest BCUT2D eigenvalue weighted by Gasteiger charge is -2.11. The Morgan fingerprint density at radius 3 is 1.44 bits per heavy atom. The third kappa shape index (κ3) is 7.28. The minimum Gasteiger partial charge on any atom is -0.450 e. The van der Waals surface area contributed by atoms with Crippen molar-refractivity contribution >= 4 is 174 Å². The predicted octanol–water partition coefficient (Wildman–Crippen LogP) is 24.4. The van der Waals surface area contributed by atoms with Crippen molar-refractivity contribution in [3.8, 4) is 67.8 Å². The third-order valence-corrected chi connectivity index (χ3v) is 23.0. The summed E-state index contributed by atoms with van der Waals surface area (Å²) in [6.45, 7) is 0. The summed E-state index contributed by atoms with van der Waals surface area (Å²) in [4.78, 5) is 21.7. The largest absolute Gasteiger partial charge is 0.450 e. The summed E-state index contributed by atoms with van der Waals surface area (Å²) in [7, 11) is 0. The number of thiophene rings is 1. The number of hydrogen-bond donors (Lipinski definition) is 0. The first kappa shape index (κ1) is 54.5. The van der Waals surface area contributed by atoms with Gasteiger partial charge in [-0.1, -0.05) is 200 Å². The standard InChI is InChI=1S/C92H50N8OS/c1-2-19-53(20-3-1)91-94-84-64-28-9-16-35-77(64)101-88(84)92(96-91)100-73-34-15-7-26-62(73)80-76(100)50-67-60-24-5-12-31-70(60)99-74-46-43-57(48-68(74)82(80)87(67)99)56-22-18-21-55(47-56)51-37-39-52(40-38-51)83-89-85(65-29-10-17-36-78(65)102-89)95-90(93-83)54-41-44-58(45-42-54)97-71-32-13-6-25-61(71)79-75(97)49-66-59-23-4-11-30-69(59)98-72-33-14-8-27-63(72)81(79)86(66)98/h1-50H. The van der Waals surface area contributed by atoms with Gasteiger partial charge in [0.25, 0.3) is 0 Å². The second-order valence-electron chi connectivity index (χ2n) is 27.1. The molecule has 0 aliphatic heterocycles. The number of rotatable bonds is 7. The Labute approximate surface area is 583 Å². The average Bonchev–Trinajstić information content (AvgIpc) is 1.52. The highest BCUT2D eigenvalue weighted by molar-refractivity contribution is 7.26. The molecule has 102 heavy (non-hydrogen) atoms.